The largest absolute Gasteiger partial charge is 0.374 e. The van der Waals surface area contributed by atoms with Gasteiger partial charge in [-0.15, -0.1) is 0 Å². The third-order valence-electron chi connectivity index (χ3n) is 3.15. The second-order valence-corrected chi connectivity index (χ2v) is 5.23. The van der Waals surface area contributed by atoms with Crippen LogP contribution in [0.2, 0.25) is 5.28 Å². The Balaban J connectivity index is 1.93. The van der Waals surface area contributed by atoms with Gasteiger partial charge in [-0.1, -0.05) is 6.92 Å². The Morgan fingerprint density at radius 2 is 2.20 bits per heavy atom. The molecule has 0 bridgehead atoms. The summed E-state index contributed by atoms with van der Waals surface area (Å²) in [5, 5.41) is 3.36. The number of ether oxygens (including phenoxy) is 1. The molecule has 2 rings (SSSR count). The lowest BCUT2D eigenvalue weighted by Crippen LogP contribution is -2.45. The summed E-state index contributed by atoms with van der Waals surface area (Å²) in [5.74, 6) is 1.01. The van der Waals surface area contributed by atoms with Crippen molar-refractivity contribution < 1.29 is 4.74 Å². The lowest BCUT2D eigenvalue weighted by atomic mass is 10.2. The number of hydrogen-bond acceptors (Lipinski definition) is 7. The monoisotopic (exact) mass is 300 g/mol. The number of likely N-dealkylation sites (N-methyl/N-ethyl adjacent to an activating group) is 1. The van der Waals surface area contributed by atoms with E-state index in [9.17, 15) is 0 Å². The van der Waals surface area contributed by atoms with Crippen LogP contribution in [-0.4, -0.2) is 72.8 Å². The number of aromatic nitrogens is 3. The summed E-state index contributed by atoms with van der Waals surface area (Å²) >= 11 is 5.89. The molecule has 1 fully saturated rings. The first-order valence-corrected chi connectivity index (χ1v) is 7.13. The predicted molar refractivity (Wildman–Crippen MR) is 79.5 cm³/mol. The summed E-state index contributed by atoms with van der Waals surface area (Å²) in [6.07, 6.45) is 0.141. The molecule has 1 aromatic heterocycles. The number of nitrogens with zero attached hydrogens (tertiary/aromatic N) is 5. The highest BCUT2D eigenvalue weighted by molar-refractivity contribution is 6.28. The van der Waals surface area contributed by atoms with Crippen molar-refractivity contribution in [3.05, 3.63) is 5.28 Å². The molecule has 0 saturated carbocycles. The van der Waals surface area contributed by atoms with E-state index >= 15 is 0 Å². The minimum Gasteiger partial charge on any atom is -0.374 e. The van der Waals surface area contributed by atoms with Gasteiger partial charge in [0.15, 0.2) is 0 Å². The summed E-state index contributed by atoms with van der Waals surface area (Å²) in [7, 11) is 3.72. The van der Waals surface area contributed by atoms with Gasteiger partial charge in [0.2, 0.25) is 17.2 Å². The fourth-order valence-electron chi connectivity index (χ4n) is 2.01. The van der Waals surface area contributed by atoms with Gasteiger partial charge in [-0.25, -0.2) is 0 Å². The van der Waals surface area contributed by atoms with E-state index in [1.54, 1.807) is 4.90 Å². The molecule has 20 heavy (non-hydrogen) atoms. The first-order valence-electron chi connectivity index (χ1n) is 6.75. The average Bonchev–Trinajstić information content (AvgIpc) is 2.44. The molecule has 1 saturated heterocycles. The SMILES string of the molecule is CCN1CCOC(CNc2nc(Cl)nc(N(C)C)n2)C1. The molecule has 112 valence electrons. The summed E-state index contributed by atoms with van der Waals surface area (Å²) in [6, 6.07) is 0. The Morgan fingerprint density at radius 1 is 1.40 bits per heavy atom. The van der Waals surface area contributed by atoms with Gasteiger partial charge >= 0.3 is 0 Å². The Kier molecular flexibility index (Phi) is 5.33. The molecule has 2 heterocycles. The van der Waals surface area contributed by atoms with Crippen molar-refractivity contribution in [3.8, 4) is 0 Å². The first kappa shape index (κ1) is 15.2. The number of halogens is 1. The van der Waals surface area contributed by atoms with Crippen LogP contribution in [0.1, 0.15) is 6.92 Å². The minimum absolute atomic E-state index is 0.141. The number of nitrogens with one attached hydrogen (secondary N) is 1. The minimum atomic E-state index is 0.141. The fourth-order valence-corrected chi connectivity index (χ4v) is 2.17. The van der Waals surface area contributed by atoms with Crippen LogP contribution in [0.15, 0.2) is 0 Å². The highest BCUT2D eigenvalue weighted by Crippen LogP contribution is 2.12. The van der Waals surface area contributed by atoms with Crippen molar-refractivity contribution in [2.24, 2.45) is 0 Å². The molecule has 0 spiro atoms. The second-order valence-electron chi connectivity index (χ2n) is 4.89. The average molecular weight is 301 g/mol. The van der Waals surface area contributed by atoms with Crippen LogP contribution in [0.3, 0.4) is 0 Å². The molecule has 0 aromatic carbocycles. The number of morpholine rings is 1. The summed E-state index contributed by atoms with van der Waals surface area (Å²) in [5.41, 5.74) is 0. The van der Waals surface area contributed by atoms with Crippen molar-refractivity contribution in [2.75, 3.05) is 57.1 Å². The van der Waals surface area contributed by atoms with E-state index in [0.717, 1.165) is 26.2 Å². The number of anilines is 2. The number of hydrogen-bond donors (Lipinski definition) is 1. The van der Waals surface area contributed by atoms with E-state index < -0.39 is 0 Å². The summed E-state index contributed by atoms with van der Waals surface area (Å²) in [4.78, 5) is 16.6. The van der Waals surface area contributed by atoms with Crippen LogP contribution >= 0.6 is 11.6 Å². The molecule has 0 amide bonds. The van der Waals surface area contributed by atoms with Crippen LogP contribution in [0.5, 0.6) is 0 Å². The second kappa shape index (κ2) is 7.01. The number of rotatable bonds is 5. The molecule has 1 unspecified atom stereocenters. The van der Waals surface area contributed by atoms with Gasteiger partial charge in [0.25, 0.3) is 0 Å². The molecule has 0 aliphatic carbocycles. The maximum Gasteiger partial charge on any atom is 0.230 e. The van der Waals surface area contributed by atoms with E-state index in [2.05, 4.69) is 32.1 Å². The third-order valence-corrected chi connectivity index (χ3v) is 3.32. The zero-order valence-electron chi connectivity index (χ0n) is 12.1. The zero-order valence-corrected chi connectivity index (χ0v) is 12.9. The van der Waals surface area contributed by atoms with Gasteiger partial charge < -0.3 is 15.0 Å². The van der Waals surface area contributed by atoms with Crippen molar-refractivity contribution >= 4 is 23.5 Å². The Bertz CT molecular complexity index is 444. The maximum atomic E-state index is 5.89. The van der Waals surface area contributed by atoms with E-state index in [-0.39, 0.29) is 11.4 Å². The Labute approximate surface area is 124 Å². The van der Waals surface area contributed by atoms with Crippen molar-refractivity contribution in [3.63, 3.8) is 0 Å². The quantitative estimate of drug-likeness (QED) is 0.859. The lowest BCUT2D eigenvalue weighted by Gasteiger charge is -2.32. The molecular formula is C12H21ClN6O. The first-order chi connectivity index (χ1) is 9.58. The third kappa shape index (κ3) is 4.16. The summed E-state index contributed by atoms with van der Waals surface area (Å²) in [6.45, 7) is 6.54. The van der Waals surface area contributed by atoms with Gasteiger partial charge in [0.05, 0.1) is 12.7 Å². The highest BCUT2D eigenvalue weighted by atomic mass is 35.5. The molecule has 1 aliphatic heterocycles. The van der Waals surface area contributed by atoms with Crippen LogP contribution in [-0.2, 0) is 4.74 Å². The standard InChI is InChI=1S/C12H21ClN6O/c1-4-19-5-6-20-9(8-19)7-14-11-15-10(13)16-12(17-11)18(2)3/h9H,4-8H2,1-3H3,(H,14,15,16,17). The van der Waals surface area contributed by atoms with E-state index in [0.29, 0.717) is 18.4 Å². The van der Waals surface area contributed by atoms with Gasteiger partial charge in [0, 0.05) is 33.7 Å². The zero-order chi connectivity index (χ0) is 14.5. The maximum absolute atomic E-state index is 5.89. The molecule has 1 N–H and O–H groups in total. The molecule has 8 heteroatoms. The molecule has 1 aliphatic rings. The summed E-state index contributed by atoms with van der Waals surface area (Å²) < 4.78 is 5.72. The van der Waals surface area contributed by atoms with Crippen LogP contribution < -0.4 is 10.2 Å². The molecule has 1 atom stereocenters. The van der Waals surface area contributed by atoms with Crippen molar-refractivity contribution in [2.45, 2.75) is 13.0 Å². The van der Waals surface area contributed by atoms with Gasteiger partial charge in [-0.05, 0) is 18.1 Å². The van der Waals surface area contributed by atoms with Crippen LogP contribution in [0, 0.1) is 0 Å². The molecule has 7 nitrogen and oxygen atoms in total. The Morgan fingerprint density at radius 3 is 2.90 bits per heavy atom. The molecular weight excluding hydrogens is 280 g/mol. The van der Waals surface area contributed by atoms with Crippen LogP contribution in [0.25, 0.3) is 0 Å². The van der Waals surface area contributed by atoms with E-state index in [4.69, 9.17) is 16.3 Å². The van der Waals surface area contributed by atoms with Crippen molar-refractivity contribution in [1.29, 1.82) is 0 Å². The van der Waals surface area contributed by atoms with Gasteiger partial charge in [0.1, 0.15) is 0 Å². The molecule has 0 radical (unpaired) electrons. The topological polar surface area (TPSA) is 66.4 Å². The van der Waals surface area contributed by atoms with Crippen LogP contribution in [0.4, 0.5) is 11.9 Å². The fraction of sp³-hybridized carbons (Fsp3) is 0.750. The predicted octanol–water partition coefficient (Wildman–Crippen LogP) is 0.724. The lowest BCUT2D eigenvalue weighted by molar-refractivity contribution is -0.0192. The van der Waals surface area contributed by atoms with E-state index in [1.165, 1.54) is 0 Å². The normalized spacial score (nSPS) is 19.9. The molecule has 1 aromatic rings. The van der Waals surface area contributed by atoms with Gasteiger partial charge in [-0.3, -0.25) is 4.90 Å². The smallest absolute Gasteiger partial charge is 0.230 e. The van der Waals surface area contributed by atoms with Gasteiger partial charge in [-0.2, -0.15) is 15.0 Å². The van der Waals surface area contributed by atoms with E-state index in [1.807, 2.05) is 14.1 Å². The highest BCUT2D eigenvalue weighted by Gasteiger charge is 2.19. The Hall–Kier alpha value is -1.18. The van der Waals surface area contributed by atoms with Crippen molar-refractivity contribution in [1.82, 2.24) is 19.9 Å².